The molecule has 0 saturated carbocycles. The monoisotopic (exact) mass is 229 g/mol. The molecule has 17 heavy (non-hydrogen) atoms. The van der Waals surface area contributed by atoms with Crippen LogP contribution in [0.3, 0.4) is 0 Å². The van der Waals surface area contributed by atoms with Crippen LogP contribution in [-0.2, 0) is 4.74 Å². The van der Waals surface area contributed by atoms with Gasteiger partial charge in [0, 0.05) is 25.9 Å². The minimum Gasteiger partial charge on any atom is -0.380 e. The molecule has 0 aliphatic rings. The van der Waals surface area contributed by atoms with Crippen molar-refractivity contribution < 1.29 is 4.74 Å². The van der Waals surface area contributed by atoms with Gasteiger partial charge in [0.25, 0.3) is 0 Å². The highest BCUT2D eigenvalue weighted by Crippen LogP contribution is 2.20. The molecule has 0 aliphatic heterocycles. The van der Waals surface area contributed by atoms with Crippen molar-refractivity contribution in [2.45, 2.75) is 6.92 Å². The second-order valence-corrected chi connectivity index (χ2v) is 4.15. The second-order valence-electron chi connectivity index (χ2n) is 4.15. The van der Waals surface area contributed by atoms with Crippen molar-refractivity contribution in [2.24, 2.45) is 0 Å². The average molecular weight is 229 g/mol. The number of hydrogen-bond donors (Lipinski definition) is 0. The Hall–Kier alpha value is -1.54. The third kappa shape index (κ3) is 2.98. The van der Waals surface area contributed by atoms with Gasteiger partial charge in [0.05, 0.1) is 6.61 Å². The highest BCUT2D eigenvalue weighted by atomic mass is 16.5. The van der Waals surface area contributed by atoms with E-state index in [4.69, 9.17) is 4.74 Å². The normalized spacial score (nSPS) is 10.7. The van der Waals surface area contributed by atoms with Crippen molar-refractivity contribution in [1.82, 2.24) is 0 Å². The van der Waals surface area contributed by atoms with E-state index >= 15 is 0 Å². The topological polar surface area (TPSA) is 12.5 Å². The lowest BCUT2D eigenvalue weighted by Crippen LogP contribution is -2.22. The first-order chi connectivity index (χ1) is 8.31. The molecule has 0 spiro atoms. The molecule has 0 bridgehead atoms. The summed E-state index contributed by atoms with van der Waals surface area (Å²) in [7, 11) is 2.10. The zero-order chi connectivity index (χ0) is 12.1. The van der Waals surface area contributed by atoms with Crippen LogP contribution >= 0.6 is 0 Å². The van der Waals surface area contributed by atoms with E-state index in [9.17, 15) is 0 Å². The molecule has 0 aliphatic carbocycles. The largest absolute Gasteiger partial charge is 0.380 e. The number of fused-ring (bicyclic) bond motifs is 1. The lowest BCUT2D eigenvalue weighted by molar-refractivity contribution is 0.154. The molecule has 0 amide bonds. The Balaban J connectivity index is 2.12. The number of hydrogen-bond acceptors (Lipinski definition) is 2. The summed E-state index contributed by atoms with van der Waals surface area (Å²) >= 11 is 0. The van der Waals surface area contributed by atoms with Crippen molar-refractivity contribution in [2.75, 3.05) is 31.7 Å². The predicted octanol–water partition coefficient (Wildman–Crippen LogP) is 3.31. The smallest absolute Gasteiger partial charge is 0.0641 e. The molecule has 0 heterocycles. The Morgan fingerprint density at radius 1 is 1.06 bits per heavy atom. The van der Waals surface area contributed by atoms with Gasteiger partial charge in [-0.3, -0.25) is 0 Å². The summed E-state index contributed by atoms with van der Waals surface area (Å²) in [4.78, 5) is 2.22. The van der Waals surface area contributed by atoms with Crippen LogP contribution in [0.4, 0.5) is 5.69 Å². The first-order valence-electron chi connectivity index (χ1n) is 6.09. The van der Waals surface area contributed by atoms with Crippen molar-refractivity contribution in [3.05, 3.63) is 42.5 Å². The molecule has 0 atom stereocenters. The zero-order valence-corrected chi connectivity index (χ0v) is 10.5. The van der Waals surface area contributed by atoms with Crippen molar-refractivity contribution in [1.29, 1.82) is 0 Å². The summed E-state index contributed by atoms with van der Waals surface area (Å²) < 4.78 is 5.37. The molecule has 90 valence electrons. The molecule has 0 N–H and O–H groups in total. The van der Waals surface area contributed by atoms with Crippen LogP contribution in [-0.4, -0.2) is 26.8 Å². The molecule has 0 radical (unpaired) electrons. The standard InChI is InChI=1S/C15H19NO/c1-3-17-11-10-16(2)15-9-8-13-6-4-5-7-14(13)12-15/h4-9,12H,3,10-11H2,1-2H3. The van der Waals surface area contributed by atoms with Gasteiger partial charge in [0.1, 0.15) is 0 Å². The van der Waals surface area contributed by atoms with Gasteiger partial charge >= 0.3 is 0 Å². The fourth-order valence-corrected chi connectivity index (χ4v) is 1.89. The Kier molecular flexibility index (Phi) is 3.99. The fraction of sp³-hybridized carbons (Fsp3) is 0.333. The third-order valence-electron chi connectivity index (χ3n) is 2.95. The Bertz CT molecular complexity index is 481. The van der Waals surface area contributed by atoms with Gasteiger partial charge in [-0.2, -0.15) is 0 Å². The van der Waals surface area contributed by atoms with Crippen molar-refractivity contribution in [3.8, 4) is 0 Å². The van der Waals surface area contributed by atoms with Gasteiger partial charge in [-0.15, -0.1) is 0 Å². The summed E-state index contributed by atoms with van der Waals surface area (Å²) in [6.45, 7) is 4.51. The molecule has 2 nitrogen and oxygen atoms in total. The summed E-state index contributed by atoms with van der Waals surface area (Å²) in [5.74, 6) is 0. The molecular weight excluding hydrogens is 210 g/mol. The minimum atomic E-state index is 0.778. The van der Waals surface area contributed by atoms with Crippen LogP contribution in [0.1, 0.15) is 6.92 Å². The molecule has 2 aromatic carbocycles. The number of ether oxygens (including phenoxy) is 1. The third-order valence-corrected chi connectivity index (χ3v) is 2.95. The highest BCUT2D eigenvalue weighted by molar-refractivity contribution is 5.85. The molecule has 2 heteroatoms. The number of benzene rings is 2. The van der Waals surface area contributed by atoms with Gasteiger partial charge in [-0.05, 0) is 29.8 Å². The SMILES string of the molecule is CCOCCN(C)c1ccc2ccccc2c1. The molecule has 0 unspecified atom stereocenters. The summed E-state index contributed by atoms with van der Waals surface area (Å²) in [6, 6.07) is 15.0. The first-order valence-corrected chi connectivity index (χ1v) is 6.09. The average Bonchev–Trinajstić information content (AvgIpc) is 2.38. The number of nitrogens with zero attached hydrogens (tertiary/aromatic N) is 1. The lowest BCUT2D eigenvalue weighted by Gasteiger charge is -2.19. The van der Waals surface area contributed by atoms with E-state index in [1.165, 1.54) is 16.5 Å². The van der Waals surface area contributed by atoms with Crippen LogP contribution in [0.5, 0.6) is 0 Å². The van der Waals surface area contributed by atoms with Crippen LogP contribution in [0.25, 0.3) is 10.8 Å². The molecule has 2 rings (SSSR count). The van der Waals surface area contributed by atoms with Crippen LogP contribution in [0.2, 0.25) is 0 Å². The van der Waals surface area contributed by atoms with Crippen LogP contribution in [0, 0.1) is 0 Å². The van der Waals surface area contributed by atoms with E-state index in [1.54, 1.807) is 0 Å². The maximum absolute atomic E-state index is 5.37. The van der Waals surface area contributed by atoms with Crippen molar-refractivity contribution >= 4 is 16.5 Å². The van der Waals surface area contributed by atoms with E-state index in [1.807, 2.05) is 6.92 Å². The van der Waals surface area contributed by atoms with E-state index in [-0.39, 0.29) is 0 Å². The lowest BCUT2D eigenvalue weighted by atomic mass is 10.1. The predicted molar refractivity (Wildman–Crippen MR) is 73.7 cm³/mol. The molecule has 0 aromatic heterocycles. The second kappa shape index (κ2) is 5.69. The summed E-state index contributed by atoms with van der Waals surface area (Å²) in [5.41, 5.74) is 1.24. The Morgan fingerprint density at radius 3 is 2.59 bits per heavy atom. The molecular formula is C15H19NO. The number of rotatable bonds is 5. The molecule has 2 aromatic rings. The van der Waals surface area contributed by atoms with Crippen LogP contribution < -0.4 is 4.90 Å². The highest BCUT2D eigenvalue weighted by Gasteiger charge is 2.01. The van der Waals surface area contributed by atoms with E-state index in [0.29, 0.717) is 0 Å². The quantitative estimate of drug-likeness (QED) is 0.729. The Morgan fingerprint density at radius 2 is 1.82 bits per heavy atom. The van der Waals surface area contributed by atoms with E-state index in [0.717, 1.165) is 19.8 Å². The summed E-state index contributed by atoms with van der Waals surface area (Å²) in [6.07, 6.45) is 0. The van der Waals surface area contributed by atoms with Crippen molar-refractivity contribution in [3.63, 3.8) is 0 Å². The number of anilines is 1. The molecule has 0 saturated heterocycles. The first kappa shape index (κ1) is 11.9. The van der Waals surface area contributed by atoms with Gasteiger partial charge in [-0.25, -0.2) is 0 Å². The van der Waals surface area contributed by atoms with Gasteiger partial charge in [0.2, 0.25) is 0 Å². The van der Waals surface area contributed by atoms with Gasteiger partial charge in [-0.1, -0.05) is 30.3 Å². The number of likely N-dealkylation sites (N-methyl/N-ethyl adjacent to an activating group) is 1. The summed E-state index contributed by atoms with van der Waals surface area (Å²) in [5, 5.41) is 2.57. The van der Waals surface area contributed by atoms with E-state index < -0.39 is 0 Å². The molecule has 0 fully saturated rings. The maximum atomic E-state index is 5.37. The minimum absolute atomic E-state index is 0.778. The Labute approximate surface area is 103 Å². The fourth-order valence-electron chi connectivity index (χ4n) is 1.89. The maximum Gasteiger partial charge on any atom is 0.0641 e. The van der Waals surface area contributed by atoms with Gasteiger partial charge < -0.3 is 9.64 Å². The van der Waals surface area contributed by atoms with E-state index in [2.05, 4.69) is 54.4 Å². The van der Waals surface area contributed by atoms with Crippen LogP contribution in [0.15, 0.2) is 42.5 Å². The zero-order valence-electron chi connectivity index (χ0n) is 10.5. The van der Waals surface area contributed by atoms with Gasteiger partial charge in [0.15, 0.2) is 0 Å².